The fourth-order valence-corrected chi connectivity index (χ4v) is 3.76. The number of rotatable bonds is 3. The van der Waals surface area contributed by atoms with E-state index in [0.29, 0.717) is 18.6 Å². The molecule has 5 rings (SSSR count). The van der Waals surface area contributed by atoms with Gasteiger partial charge in [-0.25, -0.2) is 9.97 Å². The average Bonchev–Trinajstić information content (AvgIpc) is 2.59. The molecular formula is C18H19F3N4. The molecule has 2 aromatic rings. The predicted molar refractivity (Wildman–Crippen MR) is 88.2 cm³/mol. The number of anilines is 1. The highest BCUT2D eigenvalue weighted by Crippen LogP contribution is 2.36. The van der Waals surface area contributed by atoms with Gasteiger partial charge < -0.3 is 4.90 Å². The first-order valence-electron chi connectivity index (χ1n) is 8.36. The molecule has 2 bridgehead atoms. The average molecular weight is 348 g/mol. The van der Waals surface area contributed by atoms with Gasteiger partial charge in [-0.3, -0.25) is 4.90 Å². The molecule has 3 saturated heterocycles. The Kier molecular flexibility index (Phi) is 3.91. The molecule has 0 saturated carbocycles. The summed E-state index contributed by atoms with van der Waals surface area (Å²) >= 11 is 0. The molecule has 25 heavy (non-hydrogen) atoms. The number of hydrogen-bond donors (Lipinski definition) is 0. The lowest BCUT2D eigenvalue weighted by Gasteiger charge is -2.56. The maximum atomic E-state index is 12.7. The zero-order valence-electron chi connectivity index (χ0n) is 13.9. The second-order valence-corrected chi connectivity index (χ2v) is 6.78. The van der Waals surface area contributed by atoms with Crippen molar-refractivity contribution < 1.29 is 13.2 Å². The van der Waals surface area contributed by atoms with E-state index < -0.39 is 11.7 Å². The van der Waals surface area contributed by atoms with E-state index in [-0.39, 0.29) is 0 Å². The van der Waals surface area contributed by atoms with Crippen LogP contribution in [0.2, 0.25) is 0 Å². The summed E-state index contributed by atoms with van der Waals surface area (Å²) < 4.78 is 38.0. The van der Waals surface area contributed by atoms with Crippen LogP contribution in [-0.2, 0) is 12.7 Å². The third-order valence-electron chi connectivity index (χ3n) is 5.08. The maximum absolute atomic E-state index is 12.7. The van der Waals surface area contributed by atoms with E-state index in [2.05, 4.69) is 19.8 Å². The molecule has 2 atom stereocenters. The van der Waals surface area contributed by atoms with Gasteiger partial charge in [0, 0.05) is 37.9 Å². The van der Waals surface area contributed by atoms with Crippen LogP contribution in [0.15, 0.2) is 36.5 Å². The lowest BCUT2D eigenvalue weighted by Crippen LogP contribution is -2.68. The predicted octanol–water partition coefficient (Wildman–Crippen LogP) is 3.27. The summed E-state index contributed by atoms with van der Waals surface area (Å²) in [5.74, 6) is 1.72. The van der Waals surface area contributed by atoms with Crippen molar-refractivity contribution in [3.8, 4) is 0 Å². The van der Waals surface area contributed by atoms with Crippen LogP contribution < -0.4 is 4.90 Å². The van der Waals surface area contributed by atoms with E-state index in [1.54, 1.807) is 18.3 Å². The van der Waals surface area contributed by atoms with Crippen molar-refractivity contribution in [1.82, 2.24) is 14.9 Å². The van der Waals surface area contributed by atoms with Crippen molar-refractivity contribution in [3.63, 3.8) is 0 Å². The van der Waals surface area contributed by atoms with Crippen molar-refractivity contribution in [2.75, 3.05) is 18.0 Å². The zero-order chi connectivity index (χ0) is 17.6. The van der Waals surface area contributed by atoms with Crippen molar-refractivity contribution in [2.45, 2.75) is 38.1 Å². The molecule has 4 heterocycles. The molecule has 0 N–H and O–H groups in total. The van der Waals surface area contributed by atoms with Crippen LogP contribution in [0.5, 0.6) is 0 Å². The van der Waals surface area contributed by atoms with Gasteiger partial charge in [-0.15, -0.1) is 0 Å². The van der Waals surface area contributed by atoms with Gasteiger partial charge in [0.25, 0.3) is 0 Å². The molecule has 0 aliphatic carbocycles. The van der Waals surface area contributed by atoms with Gasteiger partial charge in [0.1, 0.15) is 11.6 Å². The molecular weight excluding hydrogens is 329 g/mol. The number of aryl methyl sites for hydroxylation is 1. The molecule has 3 aliphatic heterocycles. The summed E-state index contributed by atoms with van der Waals surface area (Å²) in [6, 6.07) is 8.29. The Hall–Kier alpha value is -2.15. The van der Waals surface area contributed by atoms with Gasteiger partial charge in [0.05, 0.1) is 5.56 Å². The standard InChI is InChI=1S/C18H19F3N4/c1-12-22-7-6-17(23-12)24-10-15-8-16(11-24)25(15)9-13-2-4-14(5-3-13)18(19,20)21/h2-7,15-16H,8-11H2,1H3. The number of benzene rings is 1. The monoisotopic (exact) mass is 348 g/mol. The van der Waals surface area contributed by atoms with Crippen molar-refractivity contribution in [2.24, 2.45) is 0 Å². The summed E-state index contributed by atoms with van der Waals surface area (Å²) in [7, 11) is 0. The van der Waals surface area contributed by atoms with Crippen LogP contribution in [0.3, 0.4) is 0 Å². The molecule has 3 aliphatic rings. The lowest BCUT2D eigenvalue weighted by molar-refractivity contribution is -0.137. The van der Waals surface area contributed by atoms with Crippen LogP contribution in [-0.4, -0.2) is 40.0 Å². The number of alkyl halides is 3. The lowest BCUT2D eigenvalue weighted by atomic mass is 9.86. The third kappa shape index (κ3) is 3.20. The molecule has 0 amide bonds. The summed E-state index contributed by atoms with van der Waals surface area (Å²) in [6.07, 6.45) is -1.36. The van der Waals surface area contributed by atoms with E-state index in [4.69, 9.17) is 0 Å². The maximum Gasteiger partial charge on any atom is 0.416 e. The Labute approximate surface area is 144 Å². The number of aromatic nitrogens is 2. The van der Waals surface area contributed by atoms with Crippen LogP contribution in [0.1, 0.15) is 23.4 Å². The van der Waals surface area contributed by atoms with Gasteiger partial charge in [0.15, 0.2) is 0 Å². The van der Waals surface area contributed by atoms with E-state index in [1.807, 2.05) is 13.0 Å². The van der Waals surface area contributed by atoms with Crippen LogP contribution in [0, 0.1) is 6.92 Å². The molecule has 4 nitrogen and oxygen atoms in total. The van der Waals surface area contributed by atoms with Crippen LogP contribution in [0.25, 0.3) is 0 Å². The number of nitrogens with zero attached hydrogens (tertiary/aromatic N) is 4. The number of hydrogen-bond acceptors (Lipinski definition) is 4. The normalized spacial score (nSPS) is 23.4. The van der Waals surface area contributed by atoms with Crippen LogP contribution in [0.4, 0.5) is 19.0 Å². The zero-order valence-corrected chi connectivity index (χ0v) is 13.9. The van der Waals surface area contributed by atoms with Gasteiger partial charge in [0.2, 0.25) is 0 Å². The smallest absolute Gasteiger partial charge is 0.353 e. The Balaban J connectivity index is 1.40. The van der Waals surface area contributed by atoms with E-state index in [0.717, 1.165) is 36.7 Å². The second kappa shape index (κ2) is 5.98. The number of fused-ring (bicyclic) bond motifs is 2. The Morgan fingerprint density at radius 2 is 1.76 bits per heavy atom. The number of piperidine rings is 1. The van der Waals surface area contributed by atoms with E-state index in [1.165, 1.54) is 12.1 Å². The number of piperazine rings is 1. The number of halogens is 3. The molecule has 0 radical (unpaired) electrons. The fraction of sp³-hybridized carbons (Fsp3) is 0.444. The first-order chi connectivity index (χ1) is 11.9. The summed E-state index contributed by atoms with van der Waals surface area (Å²) in [4.78, 5) is 13.3. The molecule has 1 aromatic heterocycles. The minimum absolute atomic E-state index is 0.427. The van der Waals surface area contributed by atoms with E-state index >= 15 is 0 Å². The minimum Gasteiger partial charge on any atom is -0.353 e. The summed E-state index contributed by atoms with van der Waals surface area (Å²) in [5.41, 5.74) is 0.333. The third-order valence-corrected chi connectivity index (χ3v) is 5.08. The summed E-state index contributed by atoms with van der Waals surface area (Å²) in [5, 5.41) is 0. The first-order valence-corrected chi connectivity index (χ1v) is 8.36. The molecule has 7 heteroatoms. The van der Waals surface area contributed by atoms with Crippen LogP contribution >= 0.6 is 0 Å². The Morgan fingerprint density at radius 1 is 1.08 bits per heavy atom. The molecule has 132 valence electrons. The topological polar surface area (TPSA) is 32.3 Å². The highest BCUT2D eigenvalue weighted by molar-refractivity contribution is 5.40. The SMILES string of the molecule is Cc1nccc(N2CC3CC(C2)N3Cc2ccc(C(F)(F)F)cc2)n1. The van der Waals surface area contributed by atoms with Gasteiger partial charge in [-0.1, -0.05) is 12.1 Å². The van der Waals surface area contributed by atoms with E-state index in [9.17, 15) is 13.2 Å². The molecule has 2 unspecified atom stereocenters. The highest BCUT2D eigenvalue weighted by Gasteiger charge is 2.44. The minimum atomic E-state index is -4.28. The van der Waals surface area contributed by atoms with Gasteiger partial charge in [-0.2, -0.15) is 13.2 Å². The first kappa shape index (κ1) is 16.3. The highest BCUT2D eigenvalue weighted by atomic mass is 19.4. The summed E-state index contributed by atoms with van der Waals surface area (Å²) in [6.45, 7) is 4.37. The molecule has 0 spiro atoms. The van der Waals surface area contributed by atoms with Crippen molar-refractivity contribution in [3.05, 3.63) is 53.5 Å². The quantitative estimate of drug-likeness (QED) is 0.852. The molecule has 3 fully saturated rings. The Bertz CT molecular complexity index is 748. The van der Waals surface area contributed by atoms with Gasteiger partial charge >= 0.3 is 6.18 Å². The second-order valence-electron chi connectivity index (χ2n) is 6.78. The van der Waals surface area contributed by atoms with Gasteiger partial charge in [-0.05, 0) is 37.1 Å². The fourth-order valence-electron chi connectivity index (χ4n) is 3.76. The Morgan fingerprint density at radius 3 is 2.36 bits per heavy atom. The van der Waals surface area contributed by atoms with Crippen molar-refractivity contribution in [1.29, 1.82) is 0 Å². The van der Waals surface area contributed by atoms with Crippen molar-refractivity contribution >= 4 is 5.82 Å². The largest absolute Gasteiger partial charge is 0.416 e. The molecule has 1 aromatic carbocycles.